The van der Waals surface area contributed by atoms with Crippen LogP contribution < -0.4 is 28.6 Å². The highest BCUT2D eigenvalue weighted by Crippen LogP contribution is 2.32. The maximum Gasteiger partial charge on any atom is 0.240 e. The highest BCUT2D eigenvalue weighted by Gasteiger charge is 2.22. The van der Waals surface area contributed by atoms with Gasteiger partial charge in [0.2, 0.25) is 15.9 Å². The normalized spacial score (nSPS) is 10.8. The van der Waals surface area contributed by atoms with Gasteiger partial charge in [0.15, 0.2) is 23.0 Å². The van der Waals surface area contributed by atoms with Gasteiger partial charge >= 0.3 is 0 Å². The zero-order valence-electron chi connectivity index (χ0n) is 17.4. The Hall–Kier alpha value is -3.14. The summed E-state index contributed by atoms with van der Waals surface area (Å²) in [7, 11) is 0.752. The van der Waals surface area contributed by atoms with Gasteiger partial charge in [-0.1, -0.05) is 12.1 Å². The lowest BCUT2D eigenvalue weighted by Crippen LogP contribution is -2.41. The van der Waals surface area contributed by atoms with Crippen LogP contribution >= 0.6 is 0 Å². The van der Waals surface area contributed by atoms with Crippen molar-refractivity contribution in [3.8, 4) is 23.0 Å². The number of hydrogen-bond acceptors (Lipinski definition) is 7. The van der Waals surface area contributed by atoms with E-state index in [2.05, 4.69) is 5.32 Å². The van der Waals surface area contributed by atoms with E-state index in [0.29, 0.717) is 23.0 Å². The van der Waals surface area contributed by atoms with E-state index < -0.39 is 15.9 Å². The molecule has 0 atom stereocenters. The molecule has 10 heteroatoms. The van der Waals surface area contributed by atoms with Crippen LogP contribution in [0.5, 0.6) is 23.0 Å². The third-order valence-electron chi connectivity index (χ3n) is 4.09. The largest absolute Gasteiger partial charge is 0.493 e. The Balaban J connectivity index is 1.99. The Labute approximate surface area is 176 Å². The standard InChI is InChI=1S/C20H26N2O7S/c1-26-16-7-5-6-8-18(16)29-12-11-21-20(23)14-22(30(4,24)25)15-9-10-17(27-2)19(13-15)28-3/h5-10,13H,11-12,14H2,1-4H3,(H,21,23). The second-order valence-electron chi connectivity index (χ2n) is 6.16. The van der Waals surface area contributed by atoms with E-state index in [9.17, 15) is 13.2 Å². The molecule has 30 heavy (non-hydrogen) atoms. The molecule has 9 nitrogen and oxygen atoms in total. The molecular weight excluding hydrogens is 412 g/mol. The van der Waals surface area contributed by atoms with E-state index >= 15 is 0 Å². The molecule has 0 spiro atoms. The molecule has 0 aliphatic rings. The Morgan fingerprint density at radius 1 is 0.933 bits per heavy atom. The first-order chi connectivity index (χ1) is 14.3. The Morgan fingerprint density at radius 3 is 2.13 bits per heavy atom. The number of hydrogen-bond donors (Lipinski definition) is 1. The number of methoxy groups -OCH3 is 3. The first-order valence-electron chi connectivity index (χ1n) is 9.02. The fourth-order valence-electron chi connectivity index (χ4n) is 2.66. The monoisotopic (exact) mass is 438 g/mol. The molecule has 2 aromatic rings. The number of nitrogens with zero attached hydrogens (tertiary/aromatic N) is 1. The van der Waals surface area contributed by atoms with Gasteiger partial charge in [0.25, 0.3) is 0 Å². The lowest BCUT2D eigenvalue weighted by molar-refractivity contribution is -0.119. The summed E-state index contributed by atoms with van der Waals surface area (Å²) in [5, 5.41) is 2.65. The van der Waals surface area contributed by atoms with E-state index in [1.807, 2.05) is 12.1 Å². The van der Waals surface area contributed by atoms with Crippen molar-refractivity contribution in [2.24, 2.45) is 0 Å². The van der Waals surface area contributed by atoms with Gasteiger partial charge in [-0.15, -0.1) is 0 Å². The van der Waals surface area contributed by atoms with Crippen LogP contribution in [-0.2, 0) is 14.8 Å². The van der Waals surface area contributed by atoms with Gasteiger partial charge in [-0.25, -0.2) is 8.42 Å². The van der Waals surface area contributed by atoms with Crippen molar-refractivity contribution in [3.05, 3.63) is 42.5 Å². The second-order valence-corrected chi connectivity index (χ2v) is 8.07. The zero-order chi connectivity index (χ0) is 22.1. The number of nitrogens with one attached hydrogen (secondary N) is 1. The van der Waals surface area contributed by atoms with Crippen LogP contribution in [0.2, 0.25) is 0 Å². The molecule has 1 N–H and O–H groups in total. The Morgan fingerprint density at radius 2 is 1.53 bits per heavy atom. The van der Waals surface area contributed by atoms with Crippen LogP contribution in [0.3, 0.4) is 0 Å². The van der Waals surface area contributed by atoms with Crippen molar-refractivity contribution >= 4 is 21.6 Å². The van der Waals surface area contributed by atoms with Crippen LogP contribution in [0.4, 0.5) is 5.69 Å². The highest BCUT2D eigenvalue weighted by atomic mass is 32.2. The van der Waals surface area contributed by atoms with Gasteiger partial charge in [-0.05, 0) is 24.3 Å². The zero-order valence-corrected chi connectivity index (χ0v) is 18.2. The summed E-state index contributed by atoms with van der Waals surface area (Å²) < 4.78 is 46.6. The van der Waals surface area contributed by atoms with Crippen molar-refractivity contribution in [3.63, 3.8) is 0 Å². The fraction of sp³-hybridized carbons (Fsp3) is 0.350. The van der Waals surface area contributed by atoms with Crippen LogP contribution in [0, 0.1) is 0 Å². The molecule has 0 fully saturated rings. The molecule has 0 heterocycles. The summed E-state index contributed by atoms with van der Waals surface area (Å²) in [6.45, 7) is 0.00470. The molecule has 1 amide bonds. The smallest absolute Gasteiger partial charge is 0.240 e. The van der Waals surface area contributed by atoms with E-state index in [-0.39, 0.29) is 25.4 Å². The molecule has 164 valence electrons. The van der Waals surface area contributed by atoms with Gasteiger partial charge in [-0.2, -0.15) is 0 Å². The predicted octanol–water partition coefficient (Wildman–Crippen LogP) is 1.67. The fourth-order valence-corrected chi connectivity index (χ4v) is 3.50. The van der Waals surface area contributed by atoms with Gasteiger partial charge < -0.3 is 24.3 Å². The second kappa shape index (κ2) is 10.6. The quantitative estimate of drug-likeness (QED) is 0.532. The van der Waals surface area contributed by atoms with Gasteiger partial charge in [0.1, 0.15) is 13.2 Å². The number of sulfonamides is 1. The molecule has 0 aliphatic carbocycles. The lowest BCUT2D eigenvalue weighted by atomic mass is 10.2. The van der Waals surface area contributed by atoms with Crippen molar-refractivity contribution in [1.29, 1.82) is 0 Å². The molecule has 2 aromatic carbocycles. The van der Waals surface area contributed by atoms with Crippen LogP contribution in [-0.4, -0.2) is 61.6 Å². The average Bonchev–Trinajstić information content (AvgIpc) is 2.74. The van der Waals surface area contributed by atoms with Gasteiger partial charge in [-0.3, -0.25) is 9.10 Å². The first kappa shape index (κ1) is 23.1. The molecule has 0 bridgehead atoms. The van der Waals surface area contributed by atoms with E-state index in [1.165, 1.54) is 27.4 Å². The van der Waals surface area contributed by atoms with E-state index in [0.717, 1.165) is 10.6 Å². The molecule has 0 aromatic heterocycles. The molecule has 0 saturated heterocycles. The maximum atomic E-state index is 12.3. The minimum Gasteiger partial charge on any atom is -0.493 e. The summed E-state index contributed by atoms with van der Waals surface area (Å²) in [6.07, 6.45) is 1.03. The average molecular weight is 439 g/mol. The van der Waals surface area contributed by atoms with E-state index in [1.54, 1.807) is 24.3 Å². The number of anilines is 1. The molecule has 2 rings (SSSR count). The number of rotatable bonds is 11. The van der Waals surface area contributed by atoms with Crippen molar-refractivity contribution in [1.82, 2.24) is 5.32 Å². The number of amides is 1. The number of para-hydroxylation sites is 2. The number of carbonyl (C=O) groups excluding carboxylic acids is 1. The van der Waals surface area contributed by atoms with Crippen molar-refractivity contribution in [2.75, 3.05) is 51.6 Å². The number of benzene rings is 2. The number of carbonyl (C=O) groups is 1. The summed E-state index contributed by atoms with van der Waals surface area (Å²) >= 11 is 0. The Kier molecular flexibility index (Phi) is 8.16. The first-order valence-corrected chi connectivity index (χ1v) is 10.9. The van der Waals surface area contributed by atoms with Crippen LogP contribution in [0.15, 0.2) is 42.5 Å². The lowest BCUT2D eigenvalue weighted by Gasteiger charge is -2.23. The molecule has 0 aliphatic heterocycles. The predicted molar refractivity (Wildman–Crippen MR) is 113 cm³/mol. The van der Waals surface area contributed by atoms with E-state index in [4.69, 9.17) is 18.9 Å². The Bertz CT molecular complexity index is 963. The highest BCUT2D eigenvalue weighted by molar-refractivity contribution is 7.92. The summed E-state index contributed by atoms with van der Waals surface area (Å²) in [6, 6.07) is 11.8. The summed E-state index contributed by atoms with van der Waals surface area (Å²) in [5.74, 6) is 1.47. The molecular formula is C20H26N2O7S. The van der Waals surface area contributed by atoms with Crippen molar-refractivity contribution < 1.29 is 32.2 Å². The molecule has 0 unspecified atom stereocenters. The van der Waals surface area contributed by atoms with Crippen LogP contribution in [0.1, 0.15) is 0 Å². The van der Waals surface area contributed by atoms with Crippen molar-refractivity contribution in [2.45, 2.75) is 0 Å². The topological polar surface area (TPSA) is 103 Å². The van der Waals surface area contributed by atoms with Gasteiger partial charge in [0, 0.05) is 6.07 Å². The van der Waals surface area contributed by atoms with Gasteiger partial charge in [0.05, 0.1) is 39.8 Å². The third-order valence-corrected chi connectivity index (χ3v) is 5.23. The summed E-state index contributed by atoms with van der Waals surface area (Å²) in [4.78, 5) is 12.3. The van der Waals surface area contributed by atoms with Crippen LogP contribution in [0.25, 0.3) is 0 Å². The SMILES string of the molecule is COc1ccc(N(CC(=O)NCCOc2ccccc2OC)S(C)(=O)=O)cc1OC. The molecule has 0 radical (unpaired) electrons. The molecule has 0 saturated carbocycles. The number of ether oxygens (including phenoxy) is 4. The maximum absolute atomic E-state index is 12.3. The third kappa shape index (κ3) is 6.18. The summed E-state index contributed by atoms with van der Waals surface area (Å²) in [5.41, 5.74) is 0.288. The minimum absolute atomic E-state index is 0.195. The minimum atomic E-state index is -3.71.